The van der Waals surface area contributed by atoms with Crippen molar-refractivity contribution in [2.24, 2.45) is 5.41 Å². The largest absolute Gasteiger partial charge is 0.489 e. The first-order valence-electron chi connectivity index (χ1n) is 7.20. The van der Waals surface area contributed by atoms with Crippen LogP contribution in [0.15, 0.2) is 24.3 Å². The summed E-state index contributed by atoms with van der Waals surface area (Å²) in [5.41, 5.74) is 1.60. The van der Waals surface area contributed by atoms with Crippen LogP contribution in [0.25, 0.3) is 0 Å². The molecule has 2 nitrogen and oxygen atoms in total. The molecular formula is C17H27NO. The van der Waals surface area contributed by atoms with Crippen molar-refractivity contribution in [3.8, 4) is 5.75 Å². The molecule has 1 aromatic rings. The van der Waals surface area contributed by atoms with E-state index in [0.717, 1.165) is 12.2 Å². The Morgan fingerprint density at radius 2 is 1.84 bits per heavy atom. The number of hydrogen-bond donors (Lipinski definition) is 1. The summed E-state index contributed by atoms with van der Waals surface area (Å²) in [6.07, 6.45) is 1.38. The maximum absolute atomic E-state index is 6.32. The van der Waals surface area contributed by atoms with E-state index < -0.39 is 0 Å². The summed E-state index contributed by atoms with van der Waals surface area (Å²) in [7, 11) is 2.03. The van der Waals surface area contributed by atoms with Crippen molar-refractivity contribution in [2.75, 3.05) is 7.05 Å². The number of nitrogens with one attached hydrogen (secondary N) is 1. The van der Waals surface area contributed by atoms with E-state index in [2.05, 4.69) is 64.2 Å². The van der Waals surface area contributed by atoms with Gasteiger partial charge < -0.3 is 10.1 Å². The van der Waals surface area contributed by atoms with Crippen LogP contribution in [0.2, 0.25) is 0 Å². The van der Waals surface area contributed by atoms with Gasteiger partial charge in [-0.25, -0.2) is 0 Å². The fourth-order valence-corrected chi connectivity index (χ4v) is 2.92. The first-order chi connectivity index (χ1) is 8.76. The van der Waals surface area contributed by atoms with Gasteiger partial charge in [-0.05, 0) is 24.1 Å². The van der Waals surface area contributed by atoms with Crippen LogP contribution in [0.4, 0.5) is 0 Å². The molecule has 106 valence electrons. The number of benzene rings is 1. The Morgan fingerprint density at radius 1 is 1.21 bits per heavy atom. The molecule has 0 saturated heterocycles. The summed E-state index contributed by atoms with van der Waals surface area (Å²) in [6, 6.07) is 8.99. The third-order valence-electron chi connectivity index (χ3n) is 4.49. The molecule has 0 bridgehead atoms. The van der Waals surface area contributed by atoms with Gasteiger partial charge in [0.25, 0.3) is 0 Å². The summed E-state index contributed by atoms with van der Waals surface area (Å²) in [5.74, 6) is 1.04. The standard InChI is InChI=1S/C17H27NO/c1-16(2,3)12-9-7-8-10-13(12)19-15-11-14(18-6)17(15,4)5/h7-10,14-15,18H,11H2,1-6H3. The molecule has 2 unspecified atom stereocenters. The van der Waals surface area contributed by atoms with Crippen molar-refractivity contribution in [2.45, 2.75) is 58.6 Å². The Labute approximate surface area is 117 Å². The third-order valence-corrected chi connectivity index (χ3v) is 4.49. The van der Waals surface area contributed by atoms with Crippen molar-refractivity contribution in [3.63, 3.8) is 0 Å². The van der Waals surface area contributed by atoms with Crippen LogP contribution in [-0.2, 0) is 5.41 Å². The molecule has 1 fully saturated rings. The Hall–Kier alpha value is -1.02. The molecule has 0 aromatic heterocycles. The van der Waals surface area contributed by atoms with E-state index in [-0.39, 0.29) is 10.8 Å². The fourth-order valence-electron chi connectivity index (χ4n) is 2.92. The molecule has 0 aliphatic heterocycles. The quantitative estimate of drug-likeness (QED) is 0.894. The molecule has 0 spiro atoms. The summed E-state index contributed by atoms with van der Waals surface area (Å²) in [5, 5.41) is 3.37. The predicted molar refractivity (Wildman–Crippen MR) is 80.8 cm³/mol. The van der Waals surface area contributed by atoms with Gasteiger partial charge in [0.2, 0.25) is 0 Å². The normalized spacial score (nSPS) is 25.8. The van der Waals surface area contributed by atoms with E-state index in [1.165, 1.54) is 5.56 Å². The number of hydrogen-bond acceptors (Lipinski definition) is 2. The zero-order chi connectivity index (χ0) is 14.3. The number of para-hydroxylation sites is 1. The minimum absolute atomic E-state index is 0.118. The lowest BCUT2D eigenvalue weighted by Gasteiger charge is -2.51. The average Bonchev–Trinajstić information content (AvgIpc) is 2.33. The second-order valence-electron chi connectivity index (χ2n) is 7.25. The van der Waals surface area contributed by atoms with Crippen molar-refractivity contribution in [1.82, 2.24) is 5.32 Å². The zero-order valence-electron chi connectivity index (χ0n) is 13.1. The Bertz CT molecular complexity index is 445. The van der Waals surface area contributed by atoms with Gasteiger partial charge in [-0.3, -0.25) is 0 Å². The van der Waals surface area contributed by atoms with Crippen LogP contribution in [0.3, 0.4) is 0 Å². The highest BCUT2D eigenvalue weighted by Gasteiger charge is 2.49. The molecule has 1 N–H and O–H groups in total. The summed E-state index contributed by atoms with van der Waals surface area (Å²) in [6.45, 7) is 11.3. The van der Waals surface area contributed by atoms with Crippen LogP contribution in [0, 0.1) is 5.41 Å². The molecule has 19 heavy (non-hydrogen) atoms. The van der Waals surface area contributed by atoms with Crippen LogP contribution in [0.5, 0.6) is 5.75 Å². The van der Waals surface area contributed by atoms with Crippen LogP contribution < -0.4 is 10.1 Å². The smallest absolute Gasteiger partial charge is 0.123 e. The first-order valence-corrected chi connectivity index (χ1v) is 7.20. The van der Waals surface area contributed by atoms with Crippen LogP contribution in [0.1, 0.15) is 46.6 Å². The molecule has 0 radical (unpaired) electrons. The number of rotatable bonds is 3. The van der Waals surface area contributed by atoms with E-state index in [1.807, 2.05) is 7.05 Å². The predicted octanol–water partition coefficient (Wildman–Crippen LogP) is 3.75. The van der Waals surface area contributed by atoms with E-state index in [1.54, 1.807) is 0 Å². The van der Waals surface area contributed by atoms with E-state index in [4.69, 9.17) is 4.74 Å². The Balaban J connectivity index is 2.18. The van der Waals surface area contributed by atoms with E-state index >= 15 is 0 Å². The van der Waals surface area contributed by atoms with Gasteiger partial charge in [-0.2, -0.15) is 0 Å². The lowest BCUT2D eigenvalue weighted by Crippen LogP contribution is -2.61. The van der Waals surface area contributed by atoms with E-state index in [0.29, 0.717) is 12.1 Å². The number of ether oxygens (including phenoxy) is 1. The molecular weight excluding hydrogens is 234 g/mol. The van der Waals surface area contributed by atoms with Gasteiger partial charge in [0.15, 0.2) is 0 Å². The SMILES string of the molecule is CNC1CC(Oc2ccccc2C(C)(C)C)C1(C)C. The maximum Gasteiger partial charge on any atom is 0.123 e. The fraction of sp³-hybridized carbons (Fsp3) is 0.647. The van der Waals surface area contributed by atoms with Crippen molar-refractivity contribution in [3.05, 3.63) is 29.8 Å². The molecule has 1 aliphatic carbocycles. The lowest BCUT2D eigenvalue weighted by atomic mass is 9.64. The Kier molecular flexibility index (Phi) is 3.65. The molecule has 2 rings (SSSR count). The van der Waals surface area contributed by atoms with Crippen LogP contribution in [-0.4, -0.2) is 19.2 Å². The van der Waals surface area contributed by atoms with Gasteiger partial charge in [0, 0.05) is 17.9 Å². The van der Waals surface area contributed by atoms with Crippen LogP contribution >= 0.6 is 0 Å². The summed E-state index contributed by atoms with van der Waals surface area (Å²) in [4.78, 5) is 0. The third kappa shape index (κ3) is 2.64. The molecule has 1 saturated carbocycles. The molecule has 0 amide bonds. The van der Waals surface area contributed by atoms with Crippen molar-refractivity contribution < 1.29 is 4.74 Å². The van der Waals surface area contributed by atoms with Gasteiger partial charge in [-0.15, -0.1) is 0 Å². The average molecular weight is 261 g/mol. The highest BCUT2D eigenvalue weighted by atomic mass is 16.5. The molecule has 1 aliphatic rings. The van der Waals surface area contributed by atoms with Gasteiger partial charge >= 0.3 is 0 Å². The Morgan fingerprint density at radius 3 is 2.37 bits per heavy atom. The second kappa shape index (κ2) is 4.82. The van der Waals surface area contributed by atoms with Crippen molar-refractivity contribution >= 4 is 0 Å². The lowest BCUT2D eigenvalue weighted by molar-refractivity contribution is -0.0528. The maximum atomic E-state index is 6.32. The van der Waals surface area contributed by atoms with Gasteiger partial charge in [0.05, 0.1) is 0 Å². The highest BCUT2D eigenvalue weighted by Crippen LogP contribution is 2.44. The summed E-state index contributed by atoms with van der Waals surface area (Å²) >= 11 is 0. The monoisotopic (exact) mass is 261 g/mol. The zero-order valence-corrected chi connectivity index (χ0v) is 13.1. The molecule has 0 heterocycles. The van der Waals surface area contributed by atoms with Crippen molar-refractivity contribution in [1.29, 1.82) is 0 Å². The topological polar surface area (TPSA) is 21.3 Å². The van der Waals surface area contributed by atoms with Gasteiger partial charge in [0.1, 0.15) is 11.9 Å². The molecule has 1 aromatic carbocycles. The molecule has 2 atom stereocenters. The first kappa shape index (κ1) is 14.4. The van der Waals surface area contributed by atoms with E-state index in [9.17, 15) is 0 Å². The van der Waals surface area contributed by atoms with Gasteiger partial charge in [-0.1, -0.05) is 52.8 Å². The summed E-state index contributed by atoms with van der Waals surface area (Å²) < 4.78 is 6.32. The minimum atomic E-state index is 0.118. The molecule has 2 heteroatoms. The minimum Gasteiger partial charge on any atom is -0.489 e. The highest BCUT2D eigenvalue weighted by molar-refractivity contribution is 5.38. The second-order valence-corrected chi connectivity index (χ2v) is 7.25.